The van der Waals surface area contributed by atoms with Crippen molar-refractivity contribution >= 4 is 44.9 Å². The summed E-state index contributed by atoms with van der Waals surface area (Å²) in [4.78, 5) is 29.1. The smallest absolute Gasteiger partial charge is 0.412 e. The molecule has 0 fully saturated rings. The number of carbonyl (C=O) groups is 2. The number of fused-ring (bicyclic) bond motifs is 1. The van der Waals surface area contributed by atoms with Crippen molar-refractivity contribution < 1.29 is 18.7 Å². The number of benzene rings is 3. The Morgan fingerprint density at radius 1 is 0.872 bits per heavy atom. The summed E-state index contributed by atoms with van der Waals surface area (Å²) in [6, 6.07) is 23.1. The van der Waals surface area contributed by atoms with E-state index in [0.29, 0.717) is 23.7 Å². The van der Waals surface area contributed by atoms with Gasteiger partial charge in [-0.3, -0.25) is 10.1 Å². The second-order valence-corrected chi connectivity index (χ2v) is 11.0. The van der Waals surface area contributed by atoms with Crippen molar-refractivity contribution in [2.45, 2.75) is 39.2 Å². The molecule has 5 aromatic rings. The van der Waals surface area contributed by atoms with E-state index in [-0.39, 0.29) is 18.2 Å². The zero-order chi connectivity index (χ0) is 27.4. The predicted octanol–water partition coefficient (Wildman–Crippen LogP) is 6.47. The van der Waals surface area contributed by atoms with E-state index in [0.717, 1.165) is 26.4 Å². The van der Waals surface area contributed by atoms with Crippen molar-refractivity contribution in [2.75, 3.05) is 10.6 Å². The number of aromatic nitrogens is 3. The van der Waals surface area contributed by atoms with Gasteiger partial charge in [-0.2, -0.15) is 0 Å². The van der Waals surface area contributed by atoms with Crippen LogP contribution < -0.4 is 10.6 Å². The standard InChI is InChI=1S/C29H27N5O4S/c1-29(2,3)38-28(36)31-21-12-10-20(11-13-21)30-24(35)16-25-33-34-26(37-25)17-27-32-22-14-9-19(15-23(22)39-27)18-7-5-4-6-8-18/h4-15H,16-17H2,1-3H3,(H,30,35)(H,31,36). The molecule has 2 heterocycles. The fraction of sp³-hybridized carbons (Fsp3) is 0.207. The zero-order valence-electron chi connectivity index (χ0n) is 21.7. The first-order valence-electron chi connectivity index (χ1n) is 12.4. The van der Waals surface area contributed by atoms with E-state index >= 15 is 0 Å². The Balaban J connectivity index is 1.15. The number of nitrogens with zero attached hydrogens (tertiary/aromatic N) is 3. The van der Waals surface area contributed by atoms with Crippen LogP contribution in [-0.2, 0) is 22.4 Å². The lowest BCUT2D eigenvalue weighted by atomic mass is 10.1. The van der Waals surface area contributed by atoms with Gasteiger partial charge in [0.15, 0.2) is 0 Å². The first-order chi connectivity index (χ1) is 18.7. The molecular formula is C29H27N5O4S. The van der Waals surface area contributed by atoms with Crippen LogP contribution in [0.2, 0.25) is 0 Å². The number of nitrogens with one attached hydrogen (secondary N) is 2. The molecule has 0 spiro atoms. The molecule has 0 saturated carbocycles. The molecule has 10 heteroatoms. The Morgan fingerprint density at radius 2 is 1.56 bits per heavy atom. The summed E-state index contributed by atoms with van der Waals surface area (Å²) in [5.41, 5.74) is 3.74. The molecule has 2 amide bonds. The molecular weight excluding hydrogens is 514 g/mol. The number of hydrogen-bond donors (Lipinski definition) is 2. The van der Waals surface area contributed by atoms with Crippen LogP contribution in [-0.4, -0.2) is 32.8 Å². The van der Waals surface area contributed by atoms with Crippen molar-refractivity contribution in [2.24, 2.45) is 0 Å². The van der Waals surface area contributed by atoms with Crippen LogP contribution in [0, 0.1) is 0 Å². The van der Waals surface area contributed by atoms with Crippen molar-refractivity contribution in [1.29, 1.82) is 0 Å². The summed E-state index contributed by atoms with van der Waals surface area (Å²) in [5, 5.41) is 14.4. The first kappa shape index (κ1) is 26.1. The maximum atomic E-state index is 12.5. The highest BCUT2D eigenvalue weighted by Gasteiger charge is 2.17. The number of rotatable bonds is 7. The fourth-order valence-corrected chi connectivity index (χ4v) is 4.82. The summed E-state index contributed by atoms with van der Waals surface area (Å²) in [6.45, 7) is 5.37. The zero-order valence-corrected chi connectivity index (χ0v) is 22.5. The molecule has 0 aliphatic heterocycles. The second kappa shape index (κ2) is 11.0. The van der Waals surface area contributed by atoms with Gasteiger partial charge in [-0.25, -0.2) is 9.78 Å². The molecule has 0 aliphatic rings. The molecule has 2 aromatic heterocycles. The number of anilines is 2. The van der Waals surface area contributed by atoms with E-state index in [2.05, 4.69) is 50.1 Å². The van der Waals surface area contributed by atoms with Gasteiger partial charge in [-0.15, -0.1) is 21.5 Å². The maximum Gasteiger partial charge on any atom is 0.412 e. The Hall–Kier alpha value is -4.57. The van der Waals surface area contributed by atoms with Crippen molar-refractivity contribution in [3.8, 4) is 11.1 Å². The first-order valence-corrected chi connectivity index (χ1v) is 13.2. The van der Waals surface area contributed by atoms with Crippen LogP contribution in [0.3, 0.4) is 0 Å². The highest BCUT2D eigenvalue weighted by molar-refractivity contribution is 7.18. The number of hydrogen-bond acceptors (Lipinski definition) is 8. The predicted molar refractivity (Wildman–Crippen MR) is 151 cm³/mol. The molecule has 0 radical (unpaired) electrons. The van der Waals surface area contributed by atoms with Gasteiger partial charge in [-0.1, -0.05) is 36.4 Å². The Kier molecular flexibility index (Phi) is 7.38. The SMILES string of the molecule is CC(C)(C)OC(=O)Nc1ccc(NC(=O)Cc2nnc(Cc3nc4ccc(-c5ccccc5)cc4s3)o2)cc1. The van der Waals surface area contributed by atoms with Crippen LogP contribution in [0.1, 0.15) is 37.6 Å². The third-order valence-electron chi connectivity index (χ3n) is 5.48. The van der Waals surface area contributed by atoms with Crippen LogP contribution in [0.15, 0.2) is 77.2 Å². The van der Waals surface area contributed by atoms with Gasteiger partial charge in [0, 0.05) is 11.4 Å². The lowest BCUT2D eigenvalue weighted by Crippen LogP contribution is -2.27. The molecule has 3 aromatic carbocycles. The third kappa shape index (κ3) is 7.05. The van der Waals surface area contributed by atoms with Crippen molar-refractivity contribution in [3.05, 3.63) is 89.6 Å². The maximum absolute atomic E-state index is 12.5. The summed E-state index contributed by atoms with van der Waals surface area (Å²) >= 11 is 1.58. The van der Waals surface area contributed by atoms with Crippen molar-refractivity contribution in [1.82, 2.24) is 15.2 Å². The van der Waals surface area contributed by atoms with Gasteiger partial charge < -0.3 is 14.5 Å². The number of amides is 2. The number of carbonyl (C=O) groups excluding carboxylic acids is 2. The van der Waals surface area contributed by atoms with E-state index in [1.165, 1.54) is 0 Å². The highest BCUT2D eigenvalue weighted by atomic mass is 32.1. The number of ether oxygens (including phenoxy) is 1. The quantitative estimate of drug-likeness (QED) is 0.242. The molecule has 5 rings (SSSR count). The Labute approximate surface area is 229 Å². The highest BCUT2D eigenvalue weighted by Crippen LogP contribution is 2.29. The minimum atomic E-state index is -0.590. The number of thiazole rings is 1. The van der Waals surface area contributed by atoms with Gasteiger partial charge in [-0.05, 0) is 68.3 Å². The van der Waals surface area contributed by atoms with Crippen LogP contribution in [0.4, 0.5) is 16.2 Å². The molecule has 0 unspecified atom stereocenters. The van der Waals surface area contributed by atoms with E-state index in [1.807, 2.05) is 24.3 Å². The largest absolute Gasteiger partial charge is 0.444 e. The minimum absolute atomic E-state index is 0.0643. The minimum Gasteiger partial charge on any atom is -0.444 e. The van der Waals surface area contributed by atoms with Gasteiger partial charge in [0.1, 0.15) is 17.0 Å². The lowest BCUT2D eigenvalue weighted by molar-refractivity contribution is -0.115. The molecule has 198 valence electrons. The normalized spacial score (nSPS) is 11.4. The van der Waals surface area contributed by atoms with Gasteiger partial charge >= 0.3 is 6.09 Å². The average Bonchev–Trinajstić information content (AvgIpc) is 3.50. The topological polar surface area (TPSA) is 119 Å². The monoisotopic (exact) mass is 541 g/mol. The summed E-state index contributed by atoms with van der Waals surface area (Å²) in [7, 11) is 0. The van der Waals surface area contributed by atoms with Crippen LogP contribution >= 0.6 is 11.3 Å². The summed E-state index contributed by atoms with van der Waals surface area (Å²) in [5.74, 6) is 0.322. The van der Waals surface area contributed by atoms with E-state index < -0.39 is 11.7 Å². The van der Waals surface area contributed by atoms with E-state index in [9.17, 15) is 9.59 Å². The van der Waals surface area contributed by atoms with Gasteiger partial charge in [0.25, 0.3) is 0 Å². The molecule has 2 N–H and O–H groups in total. The summed E-state index contributed by atoms with van der Waals surface area (Å²) in [6.07, 6.45) is -0.222. The van der Waals surface area contributed by atoms with Crippen LogP contribution in [0.5, 0.6) is 0 Å². The second-order valence-electron chi connectivity index (χ2n) is 9.85. The van der Waals surface area contributed by atoms with E-state index in [1.54, 1.807) is 56.4 Å². The van der Waals surface area contributed by atoms with Crippen molar-refractivity contribution in [3.63, 3.8) is 0 Å². The van der Waals surface area contributed by atoms with Crippen LogP contribution in [0.25, 0.3) is 21.3 Å². The van der Waals surface area contributed by atoms with Gasteiger partial charge in [0.05, 0.1) is 16.6 Å². The third-order valence-corrected chi connectivity index (χ3v) is 6.49. The average molecular weight is 542 g/mol. The summed E-state index contributed by atoms with van der Waals surface area (Å²) < 4.78 is 12.0. The molecule has 0 aliphatic carbocycles. The molecule has 9 nitrogen and oxygen atoms in total. The molecule has 0 atom stereocenters. The molecule has 0 saturated heterocycles. The molecule has 39 heavy (non-hydrogen) atoms. The van der Waals surface area contributed by atoms with Gasteiger partial charge in [0.2, 0.25) is 17.7 Å². The lowest BCUT2D eigenvalue weighted by Gasteiger charge is -2.19. The fourth-order valence-electron chi connectivity index (χ4n) is 3.82. The van der Waals surface area contributed by atoms with E-state index in [4.69, 9.17) is 9.15 Å². The Bertz CT molecular complexity index is 1600. The molecule has 0 bridgehead atoms. The Morgan fingerprint density at radius 3 is 2.28 bits per heavy atom.